The summed E-state index contributed by atoms with van der Waals surface area (Å²) >= 11 is 12.2. The van der Waals surface area contributed by atoms with Gasteiger partial charge in [0.2, 0.25) is 5.28 Å². The Hall–Kier alpha value is -2.09. The van der Waals surface area contributed by atoms with E-state index in [1.165, 1.54) is 6.20 Å². The average Bonchev–Trinajstić information content (AvgIpc) is 2.76. The molecule has 0 unspecified atom stereocenters. The van der Waals surface area contributed by atoms with Gasteiger partial charge in [-0.05, 0) is 41.9 Å². The monoisotopic (exact) mass is 302 g/mol. The topological polar surface area (TPSA) is 54.5 Å². The maximum atomic E-state index is 8.76. The molecule has 0 saturated carbocycles. The summed E-state index contributed by atoms with van der Waals surface area (Å²) in [7, 11) is 0. The van der Waals surface area contributed by atoms with Crippen molar-refractivity contribution in [3.63, 3.8) is 0 Å². The number of hydrogen-bond acceptors (Lipinski definition) is 3. The van der Waals surface area contributed by atoms with E-state index in [2.05, 4.69) is 9.97 Å². The molecule has 98 valence electrons. The summed E-state index contributed by atoms with van der Waals surface area (Å²) in [5.41, 5.74) is 2.96. The van der Waals surface area contributed by atoms with Gasteiger partial charge in [-0.1, -0.05) is 11.6 Å². The number of halogens is 2. The summed E-state index contributed by atoms with van der Waals surface area (Å²) in [4.78, 5) is 8.51. The highest BCUT2D eigenvalue weighted by molar-refractivity contribution is 6.31. The van der Waals surface area contributed by atoms with Crippen molar-refractivity contribution in [2.45, 2.75) is 6.54 Å². The zero-order valence-electron chi connectivity index (χ0n) is 10.2. The smallest absolute Gasteiger partial charge is 0.204 e. The van der Waals surface area contributed by atoms with E-state index in [0.29, 0.717) is 22.4 Å². The summed E-state index contributed by atoms with van der Waals surface area (Å²) in [5, 5.41) is 9.77. The molecule has 1 aromatic carbocycles. The van der Waals surface area contributed by atoms with Gasteiger partial charge in [0.25, 0.3) is 0 Å². The fourth-order valence-corrected chi connectivity index (χ4v) is 2.37. The SMILES string of the molecule is N#Cc1ccc(Cn2c(Cl)nc3ccc(Cl)cc32)nc1. The molecule has 0 aliphatic rings. The maximum Gasteiger partial charge on any atom is 0.204 e. The van der Waals surface area contributed by atoms with Gasteiger partial charge in [-0.3, -0.25) is 4.98 Å². The quantitative estimate of drug-likeness (QED) is 0.726. The molecule has 0 spiro atoms. The summed E-state index contributed by atoms with van der Waals surface area (Å²) in [6.07, 6.45) is 1.54. The fourth-order valence-electron chi connectivity index (χ4n) is 1.96. The first kappa shape index (κ1) is 12.9. The maximum absolute atomic E-state index is 8.76. The number of fused-ring (bicyclic) bond motifs is 1. The summed E-state index contributed by atoms with van der Waals surface area (Å²) < 4.78 is 1.83. The van der Waals surface area contributed by atoms with Gasteiger partial charge >= 0.3 is 0 Å². The standard InChI is InChI=1S/C14H8Cl2N4/c15-10-2-4-12-13(5-10)20(14(16)19-12)8-11-3-1-9(6-17)7-18-11/h1-5,7H,8H2. The fraction of sp³-hybridized carbons (Fsp3) is 0.0714. The molecule has 3 aromatic rings. The molecule has 0 aliphatic carbocycles. The number of pyridine rings is 1. The van der Waals surface area contributed by atoms with Crippen molar-refractivity contribution in [3.05, 3.63) is 58.1 Å². The van der Waals surface area contributed by atoms with E-state index in [4.69, 9.17) is 28.5 Å². The van der Waals surface area contributed by atoms with E-state index in [9.17, 15) is 0 Å². The minimum atomic E-state index is 0.383. The highest BCUT2D eigenvalue weighted by Gasteiger charge is 2.10. The van der Waals surface area contributed by atoms with Crippen molar-refractivity contribution in [1.29, 1.82) is 5.26 Å². The Morgan fingerprint density at radius 1 is 1.20 bits per heavy atom. The Labute approximate surface area is 125 Å². The lowest BCUT2D eigenvalue weighted by atomic mass is 10.2. The second-order valence-corrected chi connectivity index (χ2v) is 5.02. The second-order valence-electron chi connectivity index (χ2n) is 4.25. The predicted octanol–water partition coefficient (Wildman–Crippen LogP) is 3.66. The molecule has 3 rings (SSSR count). The predicted molar refractivity (Wildman–Crippen MR) is 77.8 cm³/mol. The van der Waals surface area contributed by atoms with Gasteiger partial charge in [-0.25, -0.2) is 4.98 Å². The Morgan fingerprint density at radius 3 is 2.75 bits per heavy atom. The molecular weight excluding hydrogens is 295 g/mol. The second kappa shape index (κ2) is 5.12. The number of nitriles is 1. The molecule has 0 amide bonds. The summed E-state index contributed by atoms with van der Waals surface area (Å²) in [6.45, 7) is 0.474. The molecule has 6 heteroatoms. The third-order valence-electron chi connectivity index (χ3n) is 2.94. The van der Waals surface area contributed by atoms with Crippen LogP contribution in [0.5, 0.6) is 0 Å². The van der Waals surface area contributed by atoms with Crippen LogP contribution in [0.2, 0.25) is 10.3 Å². The Kier molecular flexibility index (Phi) is 3.31. The van der Waals surface area contributed by atoms with E-state index in [-0.39, 0.29) is 0 Å². The van der Waals surface area contributed by atoms with Gasteiger partial charge < -0.3 is 4.57 Å². The van der Waals surface area contributed by atoms with Crippen LogP contribution < -0.4 is 0 Å². The van der Waals surface area contributed by atoms with E-state index >= 15 is 0 Å². The molecule has 2 heterocycles. The van der Waals surface area contributed by atoms with Crippen molar-refractivity contribution in [1.82, 2.24) is 14.5 Å². The van der Waals surface area contributed by atoms with Gasteiger partial charge in [0, 0.05) is 11.2 Å². The van der Waals surface area contributed by atoms with Crippen LogP contribution in [-0.2, 0) is 6.54 Å². The van der Waals surface area contributed by atoms with Gasteiger partial charge in [0.1, 0.15) is 6.07 Å². The van der Waals surface area contributed by atoms with Crippen molar-refractivity contribution in [2.75, 3.05) is 0 Å². The van der Waals surface area contributed by atoms with Gasteiger partial charge in [0.15, 0.2) is 0 Å². The molecule has 0 bridgehead atoms. The molecule has 0 saturated heterocycles. The Balaban J connectivity index is 2.03. The Morgan fingerprint density at radius 2 is 2.05 bits per heavy atom. The highest BCUT2D eigenvalue weighted by Crippen LogP contribution is 2.24. The molecule has 0 aliphatic heterocycles. The molecule has 0 fully saturated rings. The van der Waals surface area contributed by atoms with Crippen LogP contribution in [0.25, 0.3) is 11.0 Å². The molecule has 2 aromatic heterocycles. The normalized spacial score (nSPS) is 10.7. The number of nitrogens with zero attached hydrogens (tertiary/aromatic N) is 4. The molecule has 0 N–H and O–H groups in total. The van der Waals surface area contributed by atoms with Crippen molar-refractivity contribution < 1.29 is 0 Å². The van der Waals surface area contributed by atoms with Crippen LogP contribution >= 0.6 is 23.2 Å². The van der Waals surface area contributed by atoms with E-state index < -0.39 is 0 Å². The van der Waals surface area contributed by atoms with Crippen LogP contribution in [0.3, 0.4) is 0 Å². The summed E-state index contributed by atoms with van der Waals surface area (Å²) in [6, 6.07) is 11.0. The first-order valence-corrected chi connectivity index (χ1v) is 6.59. The third-order valence-corrected chi connectivity index (χ3v) is 3.46. The summed E-state index contributed by atoms with van der Waals surface area (Å²) in [5.74, 6) is 0. The van der Waals surface area contributed by atoms with Gasteiger partial charge in [0.05, 0.1) is 28.8 Å². The number of aromatic nitrogens is 3. The number of benzene rings is 1. The molecule has 0 radical (unpaired) electrons. The molecule has 20 heavy (non-hydrogen) atoms. The molecular formula is C14H8Cl2N4. The Bertz CT molecular complexity index is 816. The number of imidazole rings is 1. The van der Waals surface area contributed by atoms with Crippen molar-refractivity contribution in [2.24, 2.45) is 0 Å². The molecule has 0 atom stereocenters. The minimum Gasteiger partial charge on any atom is -0.309 e. The largest absolute Gasteiger partial charge is 0.309 e. The third kappa shape index (κ3) is 2.34. The first-order chi connectivity index (χ1) is 9.67. The van der Waals surface area contributed by atoms with Crippen LogP contribution in [0.15, 0.2) is 36.5 Å². The van der Waals surface area contributed by atoms with Crippen molar-refractivity contribution in [3.8, 4) is 6.07 Å². The zero-order chi connectivity index (χ0) is 14.1. The van der Waals surface area contributed by atoms with Gasteiger partial charge in [-0.15, -0.1) is 0 Å². The van der Waals surface area contributed by atoms with Crippen LogP contribution in [-0.4, -0.2) is 14.5 Å². The lowest BCUT2D eigenvalue weighted by molar-refractivity contribution is 0.798. The van der Waals surface area contributed by atoms with Crippen molar-refractivity contribution >= 4 is 34.2 Å². The first-order valence-electron chi connectivity index (χ1n) is 5.83. The van der Waals surface area contributed by atoms with Crippen LogP contribution in [0, 0.1) is 11.3 Å². The number of rotatable bonds is 2. The van der Waals surface area contributed by atoms with Crippen LogP contribution in [0.4, 0.5) is 0 Å². The van der Waals surface area contributed by atoms with Crippen LogP contribution in [0.1, 0.15) is 11.3 Å². The van der Waals surface area contributed by atoms with E-state index in [0.717, 1.165) is 16.7 Å². The average molecular weight is 303 g/mol. The van der Waals surface area contributed by atoms with E-state index in [1.54, 1.807) is 18.2 Å². The van der Waals surface area contributed by atoms with E-state index in [1.807, 2.05) is 22.8 Å². The number of hydrogen-bond donors (Lipinski definition) is 0. The van der Waals surface area contributed by atoms with Gasteiger partial charge in [-0.2, -0.15) is 5.26 Å². The zero-order valence-corrected chi connectivity index (χ0v) is 11.7. The highest BCUT2D eigenvalue weighted by atomic mass is 35.5. The minimum absolute atomic E-state index is 0.383. The lowest BCUT2D eigenvalue weighted by Gasteiger charge is -2.05. The lowest BCUT2D eigenvalue weighted by Crippen LogP contribution is -2.02. The molecule has 4 nitrogen and oxygen atoms in total.